The summed E-state index contributed by atoms with van der Waals surface area (Å²) < 4.78 is 0. The van der Waals surface area contributed by atoms with Crippen molar-refractivity contribution in [1.29, 1.82) is 0 Å². The maximum atomic E-state index is 9.40. The van der Waals surface area contributed by atoms with Gasteiger partial charge in [0.15, 0.2) is 0 Å². The molecule has 0 saturated heterocycles. The number of benzene rings is 2. The van der Waals surface area contributed by atoms with Crippen LogP contribution in [0, 0.1) is 34.6 Å². The normalized spacial score (nSPS) is 9.95. The van der Waals surface area contributed by atoms with E-state index in [4.69, 9.17) is 5.11 Å². The smallest absolute Gasteiger partial charge is 0.121 e. The number of aryl methyl sites for hydroxylation is 3. The summed E-state index contributed by atoms with van der Waals surface area (Å²) in [6.07, 6.45) is 0. The van der Waals surface area contributed by atoms with Crippen molar-refractivity contribution in [3.63, 3.8) is 0 Å². The first kappa shape index (κ1) is 16.7. The molecule has 0 spiro atoms. The fourth-order valence-corrected chi connectivity index (χ4v) is 1.98. The van der Waals surface area contributed by atoms with E-state index < -0.39 is 0 Å². The van der Waals surface area contributed by atoms with E-state index >= 15 is 0 Å². The minimum absolute atomic E-state index is 0.202. The van der Waals surface area contributed by atoms with Crippen molar-refractivity contribution in [2.24, 2.45) is 0 Å². The molecule has 0 amide bonds. The van der Waals surface area contributed by atoms with Crippen LogP contribution >= 0.6 is 0 Å². The standard InChI is InChI=1S/C9H12O2.C8H10O2/c1-5-4-8(10)6(2)7(3)9(5)11;1-5-3-7(9)4-6(2)8(5)10/h4,10-11H,1-3H3;3-4,9-10H,1-2H3. The van der Waals surface area contributed by atoms with E-state index in [0.29, 0.717) is 16.7 Å². The van der Waals surface area contributed by atoms with Crippen LogP contribution in [0.3, 0.4) is 0 Å². The first-order chi connectivity index (χ1) is 9.65. The van der Waals surface area contributed by atoms with E-state index in [1.807, 2.05) is 0 Å². The molecule has 0 atom stereocenters. The molecule has 0 unspecified atom stereocenters. The van der Waals surface area contributed by atoms with E-state index in [2.05, 4.69) is 0 Å². The van der Waals surface area contributed by atoms with Gasteiger partial charge in [-0.15, -0.1) is 0 Å². The highest BCUT2D eigenvalue weighted by molar-refractivity contribution is 5.50. The van der Waals surface area contributed by atoms with Gasteiger partial charge in [-0.1, -0.05) is 0 Å². The van der Waals surface area contributed by atoms with Crippen LogP contribution in [0.2, 0.25) is 0 Å². The minimum Gasteiger partial charge on any atom is -0.508 e. The van der Waals surface area contributed by atoms with Crippen LogP contribution < -0.4 is 0 Å². The lowest BCUT2D eigenvalue weighted by Crippen LogP contribution is -1.85. The lowest BCUT2D eigenvalue weighted by Gasteiger charge is -2.07. The number of hydrogen-bond donors (Lipinski definition) is 4. The molecular formula is C17H22O4. The fourth-order valence-electron chi connectivity index (χ4n) is 1.98. The number of phenols is 4. The summed E-state index contributed by atoms with van der Waals surface area (Å²) in [5, 5.41) is 36.9. The van der Waals surface area contributed by atoms with Crippen molar-refractivity contribution in [3.8, 4) is 23.0 Å². The van der Waals surface area contributed by atoms with Crippen molar-refractivity contribution < 1.29 is 20.4 Å². The van der Waals surface area contributed by atoms with E-state index in [1.54, 1.807) is 40.7 Å². The van der Waals surface area contributed by atoms with Crippen LogP contribution in [0.25, 0.3) is 0 Å². The molecule has 2 aromatic carbocycles. The summed E-state index contributed by atoms with van der Waals surface area (Å²) in [5.74, 6) is 0.990. The minimum atomic E-state index is 0.202. The molecule has 0 aliphatic carbocycles. The van der Waals surface area contributed by atoms with Crippen LogP contribution in [-0.2, 0) is 0 Å². The first-order valence-corrected chi connectivity index (χ1v) is 6.63. The highest BCUT2D eigenvalue weighted by Gasteiger charge is 2.07. The summed E-state index contributed by atoms with van der Waals surface area (Å²) in [4.78, 5) is 0. The fraction of sp³-hybridized carbons (Fsp3) is 0.294. The van der Waals surface area contributed by atoms with Crippen molar-refractivity contribution in [1.82, 2.24) is 0 Å². The first-order valence-electron chi connectivity index (χ1n) is 6.63. The highest BCUT2D eigenvalue weighted by Crippen LogP contribution is 2.30. The van der Waals surface area contributed by atoms with Gasteiger partial charge in [-0.25, -0.2) is 0 Å². The molecule has 114 valence electrons. The zero-order valence-corrected chi connectivity index (χ0v) is 13.0. The SMILES string of the molecule is Cc1cc(O)c(C)c(C)c1O.Cc1cc(O)cc(C)c1O. The molecule has 0 fully saturated rings. The summed E-state index contributed by atoms with van der Waals surface area (Å²) >= 11 is 0. The predicted molar refractivity (Wildman–Crippen MR) is 83.2 cm³/mol. The maximum absolute atomic E-state index is 9.40. The van der Waals surface area contributed by atoms with Crippen molar-refractivity contribution in [3.05, 3.63) is 46.0 Å². The maximum Gasteiger partial charge on any atom is 0.121 e. The van der Waals surface area contributed by atoms with Gasteiger partial charge in [0.25, 0.3) is 0 Å². The summed E-state index contributed by atoms with van der Waals surface area (Å²) in [7, 11) is 0. The van der Waals surface area contributed by atoms with Crippen molar-refractivity contribution in [2.75, 3.05) is 0 Å². The van der Waals surface area contributed by atoms with Gasteiger partial charge < -0.3 is 20.4 Å². The van der Waals surface area contributed by atoms with Crippen LogP contribution in [0.5, 0.6) is 23.0 Å². The van der Waals surface area contributed by atoms with Crippen LogP contribution in [0.4, 0.5) is 0 Å². The van der Waals surface area contributed by atoms with E-state index in [0.717, 1.165) is 11.1 Å². The van der Waals surface area contributed by atoms with Gasteiger partial charge in [-0.3, -0.25) is 0 Å². The molecule has 2 aromatic rings. The quantitative estimate of drug-likeness (QED) is 0.557. The molecule has 0 bridgehead atoms. The average Bonchev–Trinajstić information content (AvgIpc) is 2.41. The Kier molecular flexibility index (Phi) is 5.08. The molecule has 0 aliphatic rings. The molecule has 4 heteroatoms. The molecule has 0 aliphatic heterocycles. The van der Waals surface area contributed by atoms with Gasteiger partial charge in [0.2, 0.25) is 0 Å². The number of aromatic hydroxyl groups is 4. The topological polar surface area (TPSA) is 80.9 Å². The van der Waals surface area contributed by atoms with Crippen molar-refractivity contribution in [2.45, 2.75) is 34.6 Å². The molecule has 4 N–H and O–H groups in total. The summed E-state index contributed by atoms with van der Waals surface area (Å²) in [5.41, 5.74) is 3.62. The van der Waals surface area contributed by atoms with Gasteiger partial charge in [0.05, 0.1) is 0 Å². The number of phenolic OH excluding ortho intramolecular Hbond substituents is 4. The second-order valence-corrected chi connectivity index (χ2v) is 5.24. The third-order valence-electron chi connectivity index (χ3n) is 3.50. The predicted octanol–water partition coefficient (Wildman–Crippen LogP) is 3.74. The third-order valence-corrected chi connectivity index (χ3v) is 3.50. The average molecular weight is 290 g/mol. The Bertz CT molecular complexity index is 611. The van der Waals surface area contributed by atoms with Crippen LogP contribution in [0.1, 0.15) is 27.8 Å². The van der Waals surface area contributed by atoms with E-state index in [-0.39, 0.29) is 23.0 Å². The lowest BCUT2D eigenvalue weighted by molar-refractivity contribution is 0.449. The second-order valence-electron chi connectivity index (χ2n) is 5.24. The Morgan fingerprint density at radius 3 is 1.48 bits per heavy atom. The molecule has 0 aromatic heterocycles. The molecule has 2 rings (SSSR count). The Morgan fingerprint density at radius 2 is 1.00 bits per heavy atom. The number of rotatable bonds is 0. The van der Waals surface area contributed by atoms with Gasteiger partial charge in [0, 0.05) is 0 Å². The number of hydrogen-bond acceptors (Lipinski definition) is 4. The summed E-state index contributed by atoms with van der Waals surface area (Å²) in [6.45, 7) is 8.84. The summed E-state index contributed by atoms with van der Waals surface area (Å²) in [6, 6.07) is 4.63. The van der Waals surface area contributed by atoms with E-state index in [9.17, 15) is 15.3 Å². The zero-order valence-electron chi connectivity index (χ0n) is 13.0. The van der Waals surface area contributed by atoms with Gasteiger partial charge >= 0.3 is 0 Å². The second kappa shape index (κ2) is 6.39. The van der Waals surface area contributed by atoms with E-state index in [1.165, 1.54) is 12.1 Å². The molecule has 0 heterocycles. The molecule has 0 saturated carbocycles. The highest BCUT2D eigenvalue weighted by atomic mass is 16.3. The van der Waals surface area contributed by atoms with Crippen LogP contribution in [0.15, 0.2) is 18.2 Å². The Hall–Kier alpha value is -2.36. The largest absolute Gasteiger partial charge is 0.508 e. The molecule has 4 nitrogen and oxygen atoms in total. The Labute approximate surface area is 124 Å². The van der Waals surface area contributed by atoms with Gasteiger partial charge in [0.1, 0.15) is 23.0 Å². The van der Waals surface area contributed by atoms with Crippen molar-refractivity contribution >= 4 is 0 Å². The zero-order chi connectivity index (χ0) is 16.3. The molecule has 21 heavy (non-hydrogen) atoms. The van der Waals surface area contributed by atoms with Gasteiger partial charge in [-0.05, 0) is 80.6 Å². The monoisotopic (exact) mass is 290 g/mol. The molecular weight excluding hydrogens is 268 g/mol. The Morgan fingerprint density at radius 1 is 0.571 bits per heavy atom. The van der Waals surface area contributed by atoms with Crippen LogP contribution in [-0.4, -0.2) is 20.4 Å². The third kappa shape index (κ3) is 3.81. The lowest BCUT2D eigenvalue weighted by atomic mass is 10.0. The molecule has 0 radical (unpaired) electrons. The van der Waals surface area contributed by atoms with Gasteiger partial charge in [-0.2, -0.15) is 0 Å². The Balaban J connectivity index is 0.000000211.